The first-order chi connectivity index (χ1) is 12.5. The lowest BCUT2D eigenvalue weighted by Crippen LogP contribution is -2.31. The lowest BCUT2D eigenvalue weighted by molar-refractivity contribution is -0.123. The Bertz CT molecular complexity index is 877. The van der Waals surface area contributed by atoms with Crippen molar-refractivity contribution in [3.05, 3.63) is 76.8 Å². The van der Waals surface area contributed by atoms with Gasteiger partial charge >= 0.3 is 0 Å². The van der Waals surface area contributed by atoms with Crippen LogP contribution in [0.1, 0.15) is 24.1 Å². The van der Waals surface area contributed by atoms with Crippen molar-refractivity contribution in [3.63, 3.8) is 0 Å². The van der Waals surface area contributed by atoms with Crippen molar-refractivity contribution >= 4 is 21.8 Å². The summed E-state index contributed by atoms with van der Waals surface area (Å²) >= 11 is 3.44. The average molecular weight is 414 g/mol. The molecule has 0 radical (unpaired) electrons. The Kier molecular flexibility index (Phi) is 5.73. The maximum atomic E-state index is 12.2. The van der Waals surface area contributed by atoms with Gasteiger partial charge in [0.25, 0.3) is 5.91 Å². The molecule has 0 saturated carbocycles. The molecule has 0 bridgehead atoms. The minimum Gasteiger partial charge on any atom is -0.483 e. The van der Waals surface area contributed by atoms with Crippen LogP contribution in [0.4, 0.5) is 0 Å². The van der Waals surface area contributed by atoms with Crippen LogP contribution in [0.15, 0.2) is 65.7 Å². The molecule has 1 amide bonds. The minimum atomic E-state index is -0.163. The van der Waals surface area contributed by atoms with Gasteiger partial charge in [0.15, 0.2) is 6.61 Å². The van der Waals surface area contributed by atoms with Crippen LogP contribution < -0.4 is 10.1 Å². The Morgan fingerprint density at radius 1 is 1.27 bits per heavy atom. The summed E-state index contributed by atoms with van der Waals surface area (Å²) in [6, 6.07) is 13.6. The fourth-order valence-electron chi connectivity index (χ4n) is 2.58. The lowest BCUT2D eigenvalue weighted by Gasteiger charge is -2.16. The second-order valence-electron chi connectivity index (χ2n) is 6.07. The van der Waals surface area contributed by atoms with Gasteiger partial charge in [-0.1, -0.05) is 18.2 Å². The first-order valence-electron chi connectivity index (χ1n) is 8.29. The minimum absolute atomic E-state index is 0.0286. The van der Waals surface area contributed by atoms with E-state index >= 15 is 0 Å². The molecule has 3 rings (SSSR count). The molecular weight excluding hydrogens is 394 g/mol. The van der Waals surface area contributed by atoms with Crippen molar-refractivity contribution in [2.24, 2.45) is 0 Å². The van der Waals surface area contributed by atoms with Crippen molar-refractivity contribution in [3.8, 4) is 11.4 Å². The number of benzene rings is 2. The van der Waals surface area contributed by atoms with Gasteiger partial charge in [0.05, 0.1) is 16.8 Å². The fourth-order valence-corrected chi connectivity index (χ4v) is 3.19. The Morgan fingerprint density at radius 2 is 2.04 bits per heavy atom. The zero-order valence-electron chi connectivity index (χ0n) is 14.6. The highest BCUT2D eigenvalue weighted by molar-refractivity contribution is 9.10. The van der Waals surface area contributed by atoms with Crippen LogP contribution in [-0.4, -0.2) is 22.1 Å². The summed E-state index contributed by atoms with van der Waals surface area (Å²) in [6.45, 7) is 3.92. The monoisotopic (exact) mass is 413 g/mol. The highest BCUT2D eigenvalue weighted by atomic mass is 79.9. The summed E-state index contributed by atoms with van der Waals surface area (Å²) in [4.78, 5) is 16.2. The average Bonchev–Trinajstić information content (AvgIpc) is 3.16. The number of imidazole rings is 1. The van der Waals surface area contributed by atoms with Gasteiger partial charge in [-0.25, -0.2) is 4.98 Å². The van der Waals surface area contributed by atoms with E-state index in [9.17, 15) is 4.79 Å². The SMILES string of the molecule is Cc1ccc(OCC(=O)N[C@H](C)c2ccc(-n3ccnc3)cc2)c(Br)c1. The summed E-state index contributed by atoms with van der Waals surface area (Å²) in [5.74, 6) is 0.492. The molecule has 1 heterocycles. The molecule has 6 heteroatoms. The molecule has 26 heavy (non-hydrogen) atoms. The third kappa shape index (κ3) is 4.52. The number of nitrogens with zero attached hydrogens (tertiary/aromatic N) is 2. The van der Waals surface area contributed by atoms with Gasteiger partial charge in [-0.2, -0.15) is 0 Å². The van der Waals surface area contributed by atoms with E-state index in [4.69, 9.17) is 4.74 Å². The first kappa shape index (κ1) is 18.2. The van der Waals surface area contributed by atoms with E-state index in [-0.39, 0.29) is 18.6 Å². The van der Waals surface area contributed by atoms with Crippen LogP contribution in [0.25, 0.3) is 5.69 Å². The molecule has 1 N–H and O–H groups in total. The van der Waals surface area contributed by atoms with Crippen LogP contribution >= 0.6 is 15.9 Å². The zero-order chi connectivity index (χ0) is 18.5. The van der Waals surface area contributed by atoms with Gasteiger partial charge in [-0.3, -0.25) is 4.79 Å². The summed E-state index contributed by atoms with van der Waals surface area (Å²) in [7, 11) is 0. The van der Waals surface area contributed by atoms with Crippen LogP contribution in [0.5, 0.6) is 5.75 Å². The Labute approximate surface area is 161 Å². The second kappa shape index (κ2) is 8.19. The van der Waals surface area contributed by atoms with Crippen LogP contribution in [0.3, 0.4) is 0 Å². The second-order valence-corrected chi connectivity index (χ2v) is 6.93. The Balaban J connectivity index is 1.55. The van der Waals surface area contributed by atoms with Crippen molar-refractivity contribution in [2.45, 2.75) is 19.9 Å². The van der Waals surface area contributed by atoms with Crippen LogP contribution in [0, 0.1) is 6.92 Å². The third-order valence-corrected chi connectivity index (χ3v) is 4.64. The topological polar surface area (TPSA) is 56.1 Å². The number of rotatable bonds is 6. The molecule has 0 aliphatic rings. The molecule has 2 aromatic carbocycles. The molecule has 0 aliphatic carbocycles. The molecule has 0 aliphatic heterocycles. The van der Waals surface area contributed by atoms with Gasteiger partial charge in [0.1, 0.15) is 5.75 Å². The third-order valence-electron chi connectivity index (χ3n) is 4.02. The molecular formula is C20H20BrN3O2. The Morgan fingerprint density at radius 3 is 2.69 bits per heavy atom. The number of ether oxygens (including phenoxy) is 1. The highest BCUT2D eigenvalue weighted by Gasteiger charge is 2.11. The number of carbonyl (C=O) groups excluding carboxylic acids is 1. The van der Waals surface area contributed by atoms with Gasteiger partial charge < -0.3 is 14.6 Å². The molecule has 0 unspecified atom stereocenters. The van der Waals surface area contributed by atoms with E-state index in [0.717, 1.165) is 21.3 Å². The molecule has 1 atom stereocenters. The maximum absolute atomic E-state index is 12.2. The van der Waals surface area contributed by atoms with E-state index in [1.807, 2.05) is 67.1 Å². The fraction of sp³-hybridized carbons (Fsp3) is 0.200. The Hall–Kier alpha value is -2.60. The molecule has 0 spiro atoms. The molecule has 5 nitrogen and oxygen atoms in total. The van der Waals surface area contributed by atoms with Gasteiger partial charge in [0.2, 0.25) is 0 Å². The van der Waals surface area contributed by atoms with Gasteiger partial charge in [-0.05, 0) is 65.2 Å². The van der Waals surface area contributed by atoms with Crippen molar-refractivity contribution in [1.82, 2.24) is 14.9 Å². The number of nitrogens with one attached hydrogen (secondary N) is 1. The number of hydrogen-bond donors (Lipinski definition) is 1. The molecule has 0 fully saturated rings. The number of amides is 1. The molecule has 1 aromatic heterocycles. The van der Waals surface area contributed by atoms with Crippen molar-refractivity contribution < 1.29 is 9.53 Å². The zero-order valence-corrected chi connectivity index (χ0v) is 16.2. The predicted octanol–water partition coefficient (Wildman–Crippen LogP) is 4.20. The van der Waals surface area contributed by atoms with E-state index in [1.165, 1.54) is 0 Å². The van der Waals surface area contributed by atoms with Gasteiger partial charge in [0, 0.05) is 18.1 Å². The number of carbonyl (C=O) groups is 1. The van der Waals surface area contributed by atoms with E-state index < -0.39 is 0 Å². The molecule has 3 aromatic rings. The summed E-state index contributed by atoms with van der Waals surface area (Å²) in [5, 5.41) is 2.95. The van der Waals surface area contributed by atoms with Crippen LogP contribution in [-0.2, 0) is 4.79 Å². The van der Waals surface area contributed by atoms with Crippen LogP contribution in [0.2, 0.25) is 0 Å². The summed E-state index contributed by atoms with van der Waals surface area (Å²) < 4.78 is 8.36. The lowest BCUT2D eigenvalue weighted by atomic mass is 10.1. The normalized spacial score (nSPS) is 11.8. The standard InChI is InChI=1S/C20H20BrN3O2/c1-14-3-8-19(18(21)11-14)26-12-20(25)23-15(2)16-4-6-17(7-5-16)24-10-9-22-13-24/h3-11,13,15H,12H2,1-2H3,(H,23,25)/t15-/m1/s1. The smallest absolute Gasteiger partial charge is 0.258 e. The van der Waals surface area contributed by atoms with Crippen molar-refractivity contribution in [2.75, 3.05) is 6.61 Å². The van der Waals surface area contributed by atoms with E-state index in [1.54, 1.807) is 12.5 Å². The first-order valence-corrected chi connectivity index (χ1v) is 9.09. The number of hydrogen-bond acceptors (Lipinski definition) is 3. The van der Waals surface area contributed by atoms with E-state index in [2.05, 4.69) is 26.2 Å². The van der Waals surface area contributed by atoms with E-state index in [0.29, 0.717) is 5.75 Å². The summed E-state index contributed by atoms with van der Waals surface area (Å²) in [5.41, 5.74) is 3.18. The predicted molar refractivity (Wildman–Crippen MR) is 104 cm³/mol. The molecule has 0 saturated heterocycles. The quantitative estimate of drug-likeness (QED) is 0.658. The summed E-state index contributed by atoms with van der Waals surface area (Å²) in [6.07, 6.45) is 5.38. The highest BCUT2D eigenvalue weighted by Crippen LogP contribution is 2.25. The number of halogens is 1. The number of aryl methyl sites for hydroxylation is 1. The molecule has 134 valence electrons. The largest absolute Gasteiger partial charge is 0.483 e. The maximum Gasteiger partial charge on any atom is 0.258 e. The van der Waals surface area contributed by atoms with Crippen molar-refractivity contribution in [1.29, 1.82) is 0 Å². The number of aromatic nitrogens is 2. The van der Waals surface area contributed by atoms with Gasteiger partial charge in [-0.15, -0.1) is 0 Å².